The standard InChI is InChI=1S/C18H19N7O2/c1-11-22-23-16(27-11)12-5-4-6-13(9-12)25-8-7-24(3)15-14(17(25)26)10-20-18(19-2)21-15/h4-6,9-10H,7-8H2,1-3H3,(H,19,20,21). The van der Waals surface area contributed by atoms with Gasteiger partial charge in [0.15, 0.2) is 0 Å². The predicted octanol–water partition coefficient (Wildman–Crippen LogP) is 1.97. The minimum Gasteiger partial charge on any atom is -0.421 e. The maximum Gasteiger partial charge on any atom is 0.263 e. The molecule has 9 heteroatoms. The van der Waals surface area contributed by atoms with Gasteiger partial charge >= 0.3 is 0 Å². The van der Waals surface area contributed by atoms with E-state index in [1.165, 1.54) is 0 Å². The van der Waals surface area contributed by atoms with Crippen molar-refractivity contribution in [3.05, 3.63) is 41.9 Å². The number of benzene rings is 1. The Kier molecular flexibility index (Phi) is 4.19. The summed E-state index contributed by atoms with van der Waals surface area (Å²) in [6.45, 7) is 2.90. The van der Waals surface area contributed by atoms with Gasteiger partial charge in [-0.05, 0) is 18.2 Å². The molecule has 0 bridgehead atoms. The largest absolute Gasteiger partial charge is 0.421 e. The molecule has 2 aromatic heterocycles. The van der Waals surface area contributed by atoms with E-state index in [0.717, 1.165) is 11.3 Å². The average molecular weight is 365 g/mol. The first-order valence-corrected chi connectivity index (χ1v) is 8.55. The van der Waals surface area contributed by atoms with Crippen LogP contribution in [-0.4, -0.2) is 53.3 Å². The van der Waals surface area contributed by atoms with Crippen molar-refractivity contribution in [1.29, 1.82) is 0 Å². The number of fused-ring (bicyclic) bond motifs is 1. The summed E-state index contributed by atoms with van der Waals surface area (Å²) in [4.78, 5) is 25.5. The highest BCUT2D eigenvalue weighted by molar-refractivity contribution is 6.09. The van der Waals surface area contributed by atoms with Crippen molar-refractivity contribution >= 4 is 23.4 Å². The maximum absolute atomic E-state index is 13.2. The second-order valence-electron chi connectivity index (χ2n) is 6.24. The summed E-state index contributed by atoms with van der Waals surface area (Å²) < 4.78 is 5.50. The van der Waals surface area contributed by atoms with Crippen molar-refractivity contribution in [2.75, 3.05) is 42.3 Å². The molecule has 0 radical (unpaired) electrons. The average Bonchev–Trinajstić information content (AvgIpc) is 3.09. The normalized spacial score (nSPS) is 14.1. The Hall–Kier alpha value is -3.49. The monoisotopic (exact) mass is 365 g/mol. The number of likely N-dealkylation sites (N-methyl/N-ethyl adjacent to an activating group) is 1. The Bertz CT molecular complexity index is 1000. The van der Waals surface area contributed by atoms with Crippen molar-refractivity contribution < 1.29 is 9.21 Å². The Morgan fingerprint density at radius 3 is 2.81 bits per heavy atom. The van der Waals surface area contributed by atoms with E-state index in [9.17, 15) is 4.79 Å². The smallest absolute Gasteiger partial charge is 0.263 e. The first kappa shape index (κ1) is 17.0. The molecule has 0 atom stereocenters. The van der Waals surface area contributed by atoms with Gasteiger partial charge in [0.2, 0.25) is 17.7 Å². The number of carbonyl (C=O) groups excluding carboxylic acids is 1. The molecule has 0 saturated carbocycles. The third-order valence-corrected chi connectivity index (χ3v) is 4.42. The van der Waals surface area contributed by atoms with Crippen LogP contribution in [0.15, 0.2) is 34.9 Å². The highest BCUT2D eigenvalue weighted by Crippen LogP contribution is 2.29. The summed E-state index contributed by atoms with van der Waals surface area (Å²) in [6, 6.07) is 7.51. The van der Waals surface area contributed by atoms with Crippen LogP contribution in [0, 0.1) is 6.92 Å². The highest BCUT2D eigenvalue weighted by atomic mass is 16.4. The molecule has 1 aliphatic rings. The van der Waals surface area contributed by atoms with Crippen LogP contribution in [0.3, 0.4) is 0 Å². The summed E-state index contributed by atoms with van der Waals surface area (Å²) in [7, 11) is 3.66. The fourth-order valence-electron chi connectivity index (χ4n) is 3.00. The zero-order valence-electron chi connectivity index (χ0n) is 15.3. The van der Waals surface area contributed by atoms with E-state index in [4.69, 9.17) is 4.42 Å². The van der Waals surface area contributed by atoms with Gasteiger partial charge < -0.3 is 19.5 Å². The fraction of sp³-hybridized carbons (Fsp3) is 0.278. The van der Waals surface area contributed by atoms with E-state index in [-0.39, 0.29) is 5.91 Å². The van der Waals surface area contributed by atoms with Crippen molar-refractivity contribution in [2.45, 2.75) is 6.92 Å². The topological polar surface area (TPSA) is 100 Å². The Morgan fingerprint density at radius 2 is 2.07 bits per heavy atom. The van der Waals surface area contributed by atoms with Gasteiger partial charge in [0.05, 0.1) is 0 Å². The van der Waals surface area contributed by atoms with Crippen LogP contribution in [0.5, 0.6) is 0 Å². The first-order valence-electron chi connectivity index (χ1n) is 8.55. The van der Waals surface area contributed by atoms with Gasteiger partial charge in [0.25, 0.3) is 5.91 Å². The number of hydrogen-bond acceptors (Lipinski definition) is 8. The molecular formula is C18H19N7O2. The number of aromatic nitrogens is 4. The lowest BCUT2D eigenvalue weighted by Gasteiger charge is -2.21. The number of anilines is 3. The quantitative estimate of drug-likeness (QED) is 0.752. The summed E-state index contributed by atoms with van der Waals surface area (Å²) in [6.07, 6.45) is 1.57. The molecule has 0 spiro atoms. The lowest BCUT2D eigenvalue weighted by atomic mass is 10.1. The molecule has 0 fully saturated rings. The first-order chi connectivity index (χ1) is 13.1. The summed E-state index contributed by atoms with van der Waals surface area (Å²) in [5.41, 5.74) is 1.99. The number of hydrogen-bond donors (Lipinski definition) is 1. The molecular weight excluding hydrogens is 346 g/mol. The molecule has 1 aliphatic heterocycles. The van der Waals surface area contributed by atoms with Crippen LogP contribution in [0.1, 0.15) is 16.2 Å². The van der Waals surface area contributed by atoms with Crippen molar-refractivity contribution in [2.24, 2.45) is 0 Å². The van der Waals surface area contributed by atoms with Crippen LogP contribution in [0.2, 0.25) is 0 Å². The fourth-order valence-corrected chi connectivity index (χ4v) is 3.00. The van der Waals surface area contributed by atoms with Gasteiger partial charge in [-0.1, -0.05) is 6.07 Å². The summed E-state index contributed by atoms with van der Waals surface area (Å²) in [5.74, 6) is 1.88. The van der Waals surface area contributed by atoms with Crippen LogP contribution < -0.4 is 15.1 Å². The Balaban J connectivity index is 1.73. The van der Waals surface area contributed by atoms with E-state index < -0.39 is 0 Å². The van der Waals surface area contributed by atoms with E-state index in [2.05, 4.69) is 25.5 Å². The van der Waals surface area contributed by atoms with Crippen LogP contribution in [0.4, 0.5) is 17.5 Å². The van der Waals surface area contributed by atoms with Gasteiger partial charge in [-0.25, -0.2) is 4.98 Å². The van der Waals surface area contributed by atoms with Gasteiger partial charge in [-0.3, -0.25) is 4.79 Å². The van der Waals surface area contributed by atoms with Gasteiger partial charge in [0.1, 0.15) is 11.4 Å². The van der Waals surface area contributed by atoms with Gasteiger partial charge in [-0.2, -0.15) is 4.98 Å². The minimum absolute atomic E-state index is 0.143. The molecule has 4 rings (SSSR count). The minimum atomic E-state index is -0.143. The Labute approximate surface area is 156 Å². The molecule has 0 aliphatic carbocycles. The number of amides is 1. The third kappa shape index (κ3) is 3.07. The van der Waals surface area contributed by atoms with E-state index in [1.54, 1.807) is 25.1 Å². The zero-order valence-corrected chi connectivity index (χ0v) is 15.3. The Morgan fingerprint density at radius 1 is 1.22 bits per heavy atom. The zero-order chi connectivity index (χ0) is 19.0. The molecule has 3 aromatic rings. The molecule has 1 aromatic carbocycles. The second-order valence-corrected chi connectivity index (χ2v) is 6.24. The van der Waals surface area contributed by atoms with E-state index in [1.807, 2.05) is 36.2 Å². The number of aryl methyl sites for hydroxylation is 1. The summed E-state index contributed by atoms with van der Waals surface area (Å²) in [5, 5.41) is 10.8. The number of rotatable bonds is 3. The summed E-state index contributed by atoms with van der Waals surface area (Å²) >= 11 is 0. The second kappa shape index (κ2) is 6.67. The van der Waals surface area contributed by atoms with Gasteiger partial charge in [0, 0.05) is 51.6 Å². The molecule has 27 heavy (non-hydrogen) atoms. The molecule has 1 amide bonds. The van der Waals surface area contributed by atoms with Crippen LogP contribution in [-0.2, 0) is 0 Å². The number of nitrogens with one attached hydrogen (secondary N) is 1. The molecule has 0 saturated heterocycles. The van der Waals surface area contributed by atoms with Crippen LogP contribution >= 0.6 is 0 Å². The van der Waals surface area contributed by atoms with E-state index >= 15 is 0 Å². The SMILES string of the molecule is CNc1ncc2c(n1)N(C)CCN(c1cccc(-c3nnc(C)o3)c1)C2=O. The third-order valence-electron chi connectivity index (χ3n) is 4.42. The molecule has 3 heterocycles. The maximum atomic E-state index is 13.2. The van der Waals surface area contributed by atoms with E-state index in [0.29, 0.717) is 42.2 Å². The molecule has 0 unspecified atom stereocenters. The van der Waals surface area contributed by atoms with Crippen molar-refractivity contribution in [3.63, 3.8) is 0 Å². The number of nitrogens with zero attached hydrogens (tertiary/aromatic N) is 6. The number of carbonyl (C=O) groups is 1. The van der Waals surface area contributed by atoms with Gasteiger partial charge in [-0.15, -0.1) is 10.2 Å². The lowest BCUT2D eigenvalue weighted by molar-refractivity contribution is 0.0989. The predicted molar refractivity (Wildman–Crippen MR) is 101 cm³/mol. The van der Waals surface area contributed by atoms with Crippen LogP contribution in [0.25, 0.3) is 11.5 Å². The molecule has 9 nitrogen and oxygen atoms in total. The molecule has 1 N–H and O–H groups in total. The lowest BCUT2D eigenvalue weighted by Crippen LogP contribution is -2.33. The van der Waals surface area contributed by atoms with Crippen molar-refractivity contribution in [3.8, 4) is 11.5 Å². The molecule has 138 valence electrons. The highest BCUT2D eigenvalue weighted by Gasteiger charge is 2.28. The van der Waals surface area contributed by atoms with Crippen molar-refractivity contribution in [1.82, 2.24) is 20.2 Å².